The Hall–Kier alpha value is -4.41. The van der Waals surface area contributed by atoms with Gasteiger partial charge in [0.25, 0.3) is 0 Å². The molecule has 0 spiro atoms. The second-order valence-corrected chi connectivity index (χ2v) is 12.3. The molecule has 11 heteroatoms. The van der Waals surface area contributed by atoms with E-state index in [9.17, 15) is 27.9 Å². The number of aliphatic carboxylic acids is 1. The number of hydrogen-bond acceptors (Lipinski definition) is 5. The first-order valence-electron chi connectivity index (χ1n) is 15.9. The average Bonchev–Trinajstić information content (AvgIpc) is 3.07. The highest BCUT2D eigenvalue weighted by Gasteiger charge is 2.30. The molecule has 3 aromatic carbocycles. The first-order chi connectivity index (χ1) is 23.0. The van der Waals surface area contributed by atoms with Crippen molar-refractivity contribution in [2.75, 3.05) is 13.1 Å². The Morgan fingerprint density at radius 2 is 1.67 bits per heavy atom. The molecule has 1 heterocycles. The molecule has 2 N–H and O–H groups in total. The number of hydrogen-bond donors (Lipinski definition) is 2. The molecule has 0 radical (unpaired) electrons. The SMILES string of the molecule is O=C(O)CCCCN(CCc1ccccc1OCc1ccc(-c2ccc(C(F)(F)F)cc2)cc1Cl)C1CCCc2nc(C(=O)O)ccc21. The molecular weight excluding hydrogens is 645 g/mol. The van der Waals surface area contributed by atoms with Crippen LogP contribution in [0.25, 0.3) is 11.1 Å². The number of carboxylic acids is 2. The van der Waals surface area contributed by atoms with Crippen molar-refractivity contribution in [3.63, 3.8) is 0 Å². The zero-order valence-corrected chi connectivity index (χ0v) is 26.9. The van der Waals surface area contributed by atoms with Gasteiger partial charge in [-0.1, -0.05) is 60.1 Å². The molecule has 0 bridgehead atoms. The summed E-state index contributed by atoms with van der Waals surface area (Å²) in [7, 11) is 0. The van der Waals surface area contributed by atoms with Gasteiger partial charge in [0.1, 0.15) is 18.1 Å². The fourth-order valence-electron chi connectivity index (χ4n) is 6.11. The van der Waals surface area contributed by atoms with E-state index in [-0.39, 0.29) is 24.8 Å². The predicted octanol–water partition coefficient (Wildman–Crippen LogP) is 8.88. The van der Waals surface area contributed by atoms with Crippen LogP contribution in [0, 0.1) is 0 Å². The number of alkyl halides is 3. The van der Waals surface area contributed by atoms with E-state index in [2.05, 4.69) is 9.88 Å². The summed E-state index contributed by atoms with van der Waals surface area (Å²) in [6.07, 6.45) is 0.0878. The van der Waals surface area contributed by atoms with E-state index < -0.39 is 23.7 Å². The smallest absolute Gasteiger partial charge is 0.416 e. The lowest BCUT2D eigenvalue weighted by atomic mass is 9.89. The van der Waals surface area contributed by atoms with Crippen LogP contribution in [0.5, 0.6) is 5.75 Å². The number of halogens is 4. The number of nitrogens with zero attached hydrogens (tertiary/aromatic N) is 2. The average molecular weight is 681 g/mol. The zero-order chi connectivity index (χ0) is 34.3. The summed E-state index contributed by atoms with van der Waals surface area (Å²) in [5.74, 6) is -1.18. The number of rotatable bonds is 14. The van der Waals surface area contributed by atoms with Gasteiger partial charge in [0.05, 0.1) is 5.56 Å². The fourth-order valence-corrected chi connectivity index (χ4v) is 6.35. The van der Waals surface area contributed by atoms with Gasteiger partial charge >= 0.3 is 18.1 Å². The maximum absolute atomic E-state index is 13.0. The minimum absolute atomic E-state index is 0.0304. The van der Waals surface area contributed by atoms with Gasteiger partial charge in [-0.15, -0.1) is 0 Å². The molecule has 4 aromatic rings. The Balaban J connectivity index is 1.28. The van der Waals surface area contributed by atoms with Crippen molar-refractivity contribution in [2.24, 2.45) is 0 Å². The molecule has 0 saturated carbocycles. The van der Waals surface area contributed by atoms with Crippen molar-refractivity contribution in [3.05, 3.63) is 118 Å². The van der Waals surface area contributed by atoms with Crippen LogP contribution in [0.3, 0.4) is 0 Å². The molecule has 1 unspecified atom stereocenters. The lowest BCUT2D eigenvalue weighted by Crippen LogP contribution is -2.34. The van der Waals surface area contributed by atoms with Crippen molar-refractivity contribution in [3.8, 4) is 16.9 Å². The van der Waals surface area contributed by atoms with E-state index in [0.717, 1.165) is 47.4 Å². The van der Waals surface area contributed by atoms with Crippen LogP contribution >= 0.6 is 11.6 Å². The van der Waals surface area contributed by atoms with Crippen LogP contribution in [-0.2, 0) is 30.4 Å². The summed E-state index contributed by atoms with van der Waals surface area (Å²) < 4.78 is 45.1. The molecule has 7 nitrogen and oxygen atoms in total. The first-order valence-corrected chi connectivity index (χ1v) is 16.2. The fraction of sp³-hybridized carbons (Fsp3) is 0.324. The maximum atomic E-state index is 13.0. The van der Waals surface area contributed by atoms with E-state index in [0.29, 0.717) is 60.7 Å². The molecule has 1 aliphatic rings. The number of fused-ring (bicyclic) bond motifs is 1. The van der Waals surface area contributed by atoms with Gasteiger partial charge in [-0.25, -0.2) is 9.78 Å². The van der Waals surface area contributed by atoms with Crippen LogP contribution in [0.15, 0.2) is 78.9 Å². The highest BCUT2D eigenvalue weighted by Crippen LogP contribution is 2.35. The Kier molecular flexibility index (Phi) is 11.4. The minimum atomic E-state index is -4.40. The van der Waals surface area contributed by atoms with Gasteiger partial charge in [-0.3, -0.25) is 9.69 Å². The molecule has 1 aliphatic carbocycles. The van der Waals surface area contributed by atoms with E-state index in [1.165, 1.54) is 12.1 Å². The molecule has 252 valence electrons. The van der Waals surface area contributed by atoms with E-state index in [1.807, 2.05) is 30.3 Å². The highest BCUT2D eigenvalue weighted by atomic mass is 35.5. The van der Waals surface area contributed by atoms with Gasteiger partial charge in [0.2, 0.25) is 0 Å². The van der Waals surface area contributed by atoms with Crippen LogP contribution in [-0.4, -0.2) is 45.1 Å². The minimum Gasteiger partial charge on any atom is -0.489 e. The van der Waals surface area contributed by atoms with Crippen molar-refractivity contribution in [2.45, 2.75) is 63.8 Å². The summed E-state index contributed by atoms with van der Waals surface area (Å²) in [4.78, 5) is 29.4. The first kappa shape index (κ1) is 34.9. The van der Waals surface area contributed by atoms with Gasteiger partial charge < -0.3 is 14.9 Å². The number of pyridine rings is 1. The molecule has 0 aliphatic heterocycles. The number of benzene rings is 3. The third-order valence-electron chi connectivity index (χ3n) is 8.63. The number of carboxylic acid groups (broad SMARTS) is 2. The van der Waals surface area contributed by atoms with Crippen molar-refractivity contribution >= 4 is 23.5 Å². The molecule has 0 saturated heterocycles. The number of aromatic nitrogens is 1. The Morgan fingerprint density at radius 1 is 0.917 bits per heavy atom. The molecule has 0 fully saturated rings. The standard InChI is InChI=1S/C37H36ClF3N2O5/c38-30-22-26(24-13-15-28(16-14-24)37(39,40)41)11-12-27(30)23-48-34-9-2-1-6-25(34)19-21-43(20-4-3-10-35(44)45)33-8-5-7-31-29(33)17-18-32(42-31)36(46)47/h1-2,6,9,11-18,22,33H,3-5,7-8,10,19-21,23H2,(H,44,45)(H,46,47). The molecular formula is C37H36ClF3N2O5. The normalized spacial score (nSPS) is 14.5. The number of carbonyl (C=O) groups is 2. The molecule has 5 rings (SSSR count). The largest absolute Gasteiger partial charge is 0.489 e. The molecule has 0 amide bonds. The van der Waals surface area contributed by atoms with Crippen LogP contribution in [0.4, 0.5) is 13.2 Å². The maximum Gasteiger partial charge on any atom is 0.416 e. The number of aryl methyl sites for hydroxylation is 1. The second kappa shape index (κ2) is 15.7. The number of aromatic carboxylic acids is 1. The number of unbranched alkanes of at least 4 members (excludes halogenated alkanes) is 1. The summed E-state index contributed by atoms with van der Waals surface area (Å²) in [5.41, 5.74) is 4.17. The molecule has 1 atom stereocenters. The van der Waals surface area contributed by atoms with E-state index in [1.54, 1.807) is 24.3 Å². The summed E-state index contributed by atoms with van der Waals surface area (Å²) in [6, 6.07) is 21.4. The van der Waals surface area contributed by atoms with Gasteiger partial charge in [-0.05, 0) is 97.7 Å². The lowest BCUT2D eigenvalue weighted by molar-refractivity contribution is -0.138. The van der Waals surface area contributed by atoms with Gasteiger partial charge in [0.15, 0.2) is 0 Å². The number of ether oxygens (including phenoxy) is 1. The predicted molar refractivity (Wildman–Crippen MR) is 176 cm³/mol. The zero-order valence-electron chi connectivity index (χ0n) is 26.2. The van der Waals surface area contributed by atoms with Crippen molar-refractivity contribution in [1.29, 1.82) is 0 Å². The van der Waals surface area contributed by atoms with E-state index >= 15 is 0 Å². The third-order valence-corrected chi connectivity index (χ3v) is 8.98. The van der Waals surface area contributed by atoms with Crippen LogP contribution in [0.2, 0.25) is 5.02 Å². The van der Waals surface area contributed by atoms with Gasteiger partial charge in [-0.2, -0.15) is 13.2 Å². The molecule has 48 heavy (non-hydrogen) atoms. The van der Waals surface area contributed by atoms with Crippen LogP contribution in [0.1, 0.15) is 76.6 Å². The Morgan fingerprint density at radius 3 is 2.38 bits per heavy atom. The Labute approximate surface area is 282 Å². The van der Waals surface area contributed by atoms with Crippen molar-refractivity contribution in [1.82, 2.24) is 9.88 Å². The Bertz CT molecular complexity index is 1750. The second-order valence-electron chi connectivity index (χ2n) is 11.9. The number of para-hydroxylation sites is 1. The topological polar surface area (TPSA) is 100.0 Å². The van der Waals surface area contributed by atoms with Crippen molar-refractivity contribution < 1.29 is 37.7 Å². The summed E-state index contributed by atoms with van der Waals surface area (Å²) >= 11 is 6.59. The van der Waals surface area contributed by atoms with Gasteiger partial charge in [0, 0.05) is 35.3 Å². The third kappa shape index (κ3) is 8.93. The summed E-state index contributed by atoms with van der Waals surface area (Å²) in [6.45, 7) is 1.54. The highest BCUT2D eigenvalue weighted by molar-refractivity contribution is 6.31. The lowest BCUT2D eigenvalue weighted by Gasteiger charge is -2.36. The van der Waals surface area contributed by atoms with E-state index in [4.69, 9.17) is 21.4 Å². The quantitative estimate of drug-likeness (QED) is 0.128. The van der Waals surface area contributed by atoms with Crippen LogP contribution < -0.4 is 4.74 Å². The monoisotopic (exact) mass is 680 g/mol. The molecule has 1 aromatic heterocycles. The summed E-state index contributed by atoms with van der Waals surface area (Å²) in [5, 5.41) is 19.0.